The predicted molar refractivity (Wildman–Crippen MR) is 95.8 cm³/mol. The zero-order chi connectivity index (χ0) is 17.5. The monoisotopic (exact) mass is 370 g/mol. The molecule has 2 aromatic rings. The molecule has 0 unspecified atom stereocenters. The molecule has 0 radical (unpaired) electrons. The number of likely N-dealkylation sites (tertiary alicyclic amines) is 1. The van der Waals surface area contributed by atoms with E-state index in [1.807, 2.05) is 16.8 Å². The largest absolute Gasteiger partial charge is 0.508 e. The second kappa shape index (κ2) is 8.80. The number of nitrogens with zero attached hydrogens (tertiary/aromatic N) is 3. The zero-order valence-corrected chi connectivity index (χ0v) is 14.9. The molecule has 24 heavy (non-hydrogen) atoms. The number of aromatic amines is 1. The number of halogens is 2. The maximum Gasteiger partial charge on any atom is 0.242 e. The Bertz CT molecular complexity index is 658. The molecule has 2 heterocycles. The standard InChI is InChI=1S/C10H16N4O.C6H4Cl2O/c1-13(10-11-4-5-12-10)8-9(15)14-6-2-3-7-14;7-5-2-1-4(9)3-6(5)8/h4-5H,2-3,6-8H2,1H3,(H,11,12);1-3,9H. The Balaban J connectivity index is 0.000000198. The Morgan fingerprint density at radius 2 is 2.04 bits per heavy atom. The summed E-state index contributed by atoms with van der Waals surface area (Å²) in [4.78, 5) is 22.6. The van der Waals surface area contributed by atoms with Gasteiger partial charge in [0, 0.05) is 32.5 Å². The molecule has 8 heteroatoms. The van der Waals surface area contributed by atoms with Crippen molar-refractivity contribution in [3.63, 3.8) is 0 Å². The van der Waals surface area contributed by atoms with Crippen LogP contribution in [0.4, 0.5) is 5.95 Å². The fourth-order valence-corrected chi connectivity index (χ4v) is 2.59. The summed E-state index contributed by atoms with van der Waals surface area (Å²) in [5.74, 6) is 1.05. The van der Waals surface area contributed by atoms with Gasteiger partial charge in [0.2, 0.25) is 11.9 Å². The van der Waals surface area contributed by atoms with Gasteiger partial charge in [0.15, 0.2) is 0 Å². The molecule has 1 aromatic heterocycles. The molecular weight excluding hydrogens is 351 g/mol. The lowest BCUT2D eigenvalue weighted by Gasteiger charge is -2.20. The van der Waals surface area contributed by atoms with Crippen molar-refractivity contribution >= 4 is 35.1 Å². The van der Waals surface area contributed by atoms with E-state index in [1.165, 1.54) is 12.1 Å². The average Bonchev–Trinajstić information content (AvgIpc) is 3.24. The lowest BCUT2D eigenvalue weighted by molar-refractivity contribution is -0.128. The van der Waals surface area contributed by atoms with Crippen LogP contribution in [-0.4, -0.2) is 52.6 Å². The number of phenolic OH excluding ortho intramolecular Hbond substituents is 1. The number of carbonyl (C=O) groups is 1. The van der Waals surface area contributed by atoms with E-state index in [-0.39, 0.29) is 11.7 Å². The first-order valence-electron chi connectivity index (χ1n) is 7.59. The van der Waals surface area contributed by atoms with E-state index in [9.17, 15) is 4.79 Å². The maximum atomic E-state index is 11.8. The second-order valence-corrected chi connectivity index (χ2v) is 6.27. The van der Waals surface area contributed by atoms with Crippen LogP contribution in [0.25, 0.3) is 0 Å². The minimum absolute atomic E-state index is 0.129. The molecule has 1 saturated heterocycles. The highest BCUT2D eigenvalue weighted by Crippen LogP contribution is 2.25. The molecule has 1 aliphatic heterocycles. The number of likely N-dealkylation sites (N-methyl/N-ethyl adjacent to an activating group) is 1. The highest BCUT2D eigenvalue weighted by molar-refractivity contribution is 6.42. The molecule has 1 amide bonds. The normalized spacial score (nSPS) is 13.4. The van der Waals surface area contributed by atoms with Crippen LogP contribution in [0.2, 0.25) is 10.0 Å². The molecule has 1 fully saturated rings. The van der Waals surface area contributed by atoms with Gasteiger partial charge in [0.25, 0.3) is 0 Å². The van der Waals surface area contributed by atoms with Gasteiger partial charge in [-0.15, -0.1) is 0 Å². The highest BCUT2D eigenvalue weighted by Gasteiger charge is 2.19. The Labute approximate surface area is 151 Å². The molecule has 6 nitrogen and oxygen atoms in total. The minimum Gasteiger partial charge on any atom is -0.508 e. The van der Waals surface area contributed by atoms with Crippen molar-refractivity contribution in [2.45, 2.75) is 12.8 Å². The summed E-state index contributed by atoms with van der Waals surface area (Å²) in [5, 5.41) is 9.62. The van der Waals surface area contributed by atoms with Crippen molar-refractivity contribution in [2.24, 2.45) is 0 Å². The van der Waals surface area contributed by atoms with Crippen molar-refractivity contribution in [3.8, 4) is 5.75 Å². The second-order valence-electron chi connectivity index (χ2n) is 5.46. The number of aromatic nitrogens is 2. The highest BCUT2D eigenvalue weighted by atomic mass is 35.5. The summed E-state index contributed by atoms with van der Waals surface area (Å²) in [5.41, 5.74) is 0. The number of aromatic hydroxyl groups is 1. The van der Waals surface area contributed by atoms with Crippen LogP contribution in [0.1, 0.15) is 12.8 Å². The van der Waals surface area contributed by atoms with Gasteiger partial charge >= 0.3 is 0 Å². The van der Waals surface area contributed by atoms with Crippen molar-refractivity contribution in [3.05, 3.63) is 40.6 Å². The quantitative estimate of drug-likeness (QED) is 0.870. The predicted octanol–water partition coefficient (Wildman–Crippen LogP) is 3.17. The average molecular weight is 371 g/mol. The number of imidazole rings is 1. The van der Waals surface area contributed by atoms with Crippen LogP contribution in [0.5, 0.6) is 5.75 Å². The third-order valence-electron chi connectivity index (χ3n) is 3.58. The Hall–Kier alpha value is -1.92. The van der Waals surface area contributed by atoms with E-state index in [0.717, 1.165) is 31.9 Å². The first-order valence-corrected chi connectivity index (χ1v) is 8.35. The fraction of sp³-hybridized carbons (Fsp3) is 0.375. The number of hydrogen-bond donors (Lipinski definition) is 2. The van der Waals surface area contributed by atoms with Gasteiger partial charge in [-0.3, -0.25) is 4.79 Å². The number of anilines is 1. The molecule has 130 valence electrons. The van der Waals surface area contributed by atoms with Crippen LogP contribution in [-0.2, 0) is 4.79 Å². The molecule has 1 aliphatic rings. The van der Waals surface area contributed by atoms with Crippen LogP contribution in [0.3, 0.4) is 0 Å². The number of H-pyrrole nitrogens is 1. The van der Waals surface area contributed by atoms with E-state index >= 15 is 0 Å². The smallest absolute Gasteiger partial charge is 0.242 e. The third-order valence-corrected chi connectivity index (χ3v) is 4.32. The molecule has 0 aliphatic carbocycles. The van der Waals surface area contributed by atoms with Crippen LogP contribution < -0.4 is 4.90 Å². The first-order chi connectivity index (χ1) is 11.5. The Kier molecular flexibility index (Phi) is 6.75. The van der Waals surface area contributed by atoms with E-state index in [0.29, 0.717) is 16.6 Å². The van der Waals surface area contributed by atoms with Crippen LogP contribution in [0, 0.1) is 0 Å². The molecule has 2 N–H and O–H groups in total. The van der Waals surface area contributed by atoms with Gasteiger partial charge < -0.3 is 19.9 Å². The summed E-state index contributed by atoms with van der Waals surface area (Å²) in [6.07, 6.45) is 5.71. The van der Waals surface area contributed by atoms with E-state index < -0.39 is 0 Å². The number of carbonyl (C=O) groups excluding carboxylic acids is 1. The summed E-state index contributed by atoms with van der Waals surface area (Å²) in [7, 11) is 1.87. The van der Waals surface area contributed by atoms with Gasteiger partial charge in [-0.1, -0.05) is 23.2 Å². The van der Waals surface area contributed by atoms with Gasteiger partial charge in [0.1, 0.15) is 5.75 Å². The number of benzene rings is 1. The van der Waals surface area contributed by atoms with Gasteiger partial charge in [-0.25, -0.2) is 4.98 Å². The number of nitrogens with one attached hydrogen (secondary N) is 1. The number of phenols is 1. The van der Waals surface area contributed by atoms with Crippen molar-refractivity contribution in [1.82, 2.24) is 14.9 Å². The van der Waals surface area contributed by atoms with Gasteiger partial charge in [-0.2, -0.15) is 0 Å². The molecule has 0 atom stereocenters. The third kappa shape index (κ3) is 5.32. The lowest BCUT2D eigenvalue weighted by atomic mass is 10.3. The fourth-order valence-electron chi connectivity index (χ4n) is 2.30. The van der Waals surface area contributed by atoms with Crippen molar-refractivity contribution < 1.29 is 9.90 Å². The number of hydrogen-bond acceptors (Lipinski definition) is 4. The molecule has 0 bridgehead atoms. The van der Waals surface area contributed by atoms with E-state index in [2.05, 4.69) is 9.97 Å². The topological polar surface area (TPSA) is 72.5 Å². The summed E-state index contributed by atoms with van der Waals surface area (Å²) in [6, 6.07) is 4.41. The van der Waals surface area contributed by atoms with E-state index in [1.54, 1.807) is 18.5 Å². The van der Waals surface area contributed by atoms with E-state index in [4.69, 9.17) is 28.3 Å². The lowest BCUT2D eigenvalue weighted by Crippen LogP contribution is -2.37. The molecular formula is C16H20Cl2N4O2. The number of rotatable bonds is 3. The molecule has 1 aromatic carbocycles. The van der Waals surface area contributed by atoms with Crippen molar-refractivity contribution in [2.75, 3.05) is 31.6 Å². The Morgan fingerprint density at radius 3 is 2.58 bits per heavy atom. The van der Waals surface area contributed by atoms with Crippen molar-refractivity contribution in [1.29, 1.82) is 0 Å². The molecule has 0 spiro atoms. The SMILES string of the molecule is CN(CC(=O)N1CCCC1)c1ncc[nH]1.Oc1ccc(Cl)c(Cl)c1. The van der Waals surface area contributed by atoms with Gasteiger partial charge in [-0.05, 0) is 31.0 Å². The summed E-state index contributed by atoms with van der Waals surface area (Å²) < 4.78 is 0. The number of amides is 1. The maximum absolute atomic E-state index is 11.8. The van der Waals surface area contributed by atoms with Crippen LogP contribution in [0.15, 0.2) is 30.6 Å². The summed E-state index contributed by atoms with van der Waals surface area (Å²) >= 11 is 11.1. The minimum atomic E-state index is 0.129. The van der Waals surface area contributed by atoms with Gasteiger partial charge in [0.05, 0.1) is 16.6 Å². The first kappa shape index (κ1) is 18.4. The zero-order valence-electron chi connectivity index (χ0n) is 13.4. The molecule has 3 rings (SSSR count). The molecule has 0 saturated carbocycles. The van der Waals surface area contributed by atoms with Crippen LogP contribution >= 0.6 is 23.2 Å². The summed E-state index contributed by atoms with van der Waals surface area (Å²) in [6.45, 7) is 2.21. The Morgan fingerprint density at radius 1 is 1.33 bits per heavy atom.